The number of carbonyl (C=O) groups is 1. The van der Waals surface area contributed by atoms with Crippen LogP contribution in [0.4, 0.5) is 11.4 Å². The summed E-state index contributed by atoms with van der Waals surface area (Å²) in [7, 11) is -3.52. The minimum atomic E-state index is -3.52. The van der Waals surface area contributed by atoms with Gasteiger partial charge in [0.25, 0.3) is 5.91 Å². The number of nitrogens with zero attached hydrogens (tertiary/aromatic N) is 1. The highest BCUT2D eigenvalue weighted by molar-refractivity contribution is 7.92. The Morgan fingerprint density at radius 3 is 2.42 bits per heavy atom. The molecule has 0 aromatic heterocycles. The third kappa shape index (κ3) is 3.83. The summed E-state index contributed by atoms with van der Waals surface area (Å²) in [5.74, 6) is 0.395. The van der Waals surface area contributed by atoms with E-state index >= 15 is 0 Å². The Morgan fingerprint density at radius 1 is 1.15 bits per heavy atom. The van der Waals surface area contributed by atoms with Crippen molar-refractivity contribution in [2.24, 2.45) is 0 Å². The summed E-state index contributed by atoms with van der Waals surface area (Å²) in [6.07, 6.45) is 0.193. The second kappa shape index (κ2) is 6.99. The number of sulfonamides is 1. The molecule has 0 saturated heterocycles. The first-order chi connectivity index (χ1) is 12.3. The van der Waals surface area contributed by atoms with E-state index in [2.05, 4.69) is 19.2 Å². The van der Waals surface area contributed by atoms with Crippen molar-refractivity contribution in [2.75, 3.05) is 22.4 Å². The Kier molecular flexibility index (Phi) is 4.91. The average molecular weight is 374 g/mol. The zero-order chi connectivity index (χ0) is 18.9. The second-order valence-electron chi connectivity index (χ2n) is 6.63. The lowest BCUT2D eigenvalue weighted by Crippen LogP contribution is -2.48. The molecular formula is C19H22N2O4S. The molecule has 1 heterocycles. The number of nitrogens with one attached hydrogen (secondary N) is 1. The molecule has 0 bridgehead atoms. The van der Waals surface area contributed by atoms with E-state index in [4.69, 9.17) is 4.74 Å². The molecule has 7 heteroatoms. The van der Waals surface area contributed by atoms with Gasteiger partial charge in [0.05, 0.1) is 18.5 Å². The highest BCUT2D eigenvalue weighted by Gasteiger charge is 2.34. The van der Waals surface area contributed by atoms with Crippen LogP contribution in [-0.4, -0.2) is 33.2 Å². The Labute approximate surface area is 153 Å². The maximum Gasteiger partial charge on any atom is 0.267 e. The van der Waals surface area contributed by atoms with Crippen LogP contribution in [0.1, 0.15) is 25.3 Å². The molecule has 1 atom stereocenters. The van der Waals surface area contributed by atoms with Crippen LogP contribution >= 0.6 is 0 Å². The molecule has 0 radical (unpaired) electrons. The fraction of sp³-hybridized carbons (Fsp3) is 0.316. The second-order valence-corrected chi connectivity index (χ2v) is 8.54. The maximum atomic E-state index is 12.6. The van der Waals surface area contributed by atoms with E-state index in [1.165, 1.54) is 9.87 Å². The molecule has 1 N–H and O–H groups in total. The third-order valence-electron chi connectivity index (χ3n) is 4.27. The van der Waals surface area contributed by atoms with Crippen LogP contribution in [0.5, 0.6) is 5.75 Å². The van der Waals surface area contributed by atoms with Gasteiger partial charge in [0, 0.05) is 5.69 Å². The van der Waals surface area contributed by atoms with E-state index < -0.39 is 16.1 Å². The van der Waals surface area contributed by atoms with E-state index in [-0.39, 0.29) is 12.5 Å². The first kappa shape index (κ1) is 18.3. The monoisotopic (exact) mass is 374 g/mol. The van der Waals surface area contributed by atoms with Crippen molar-refractivity contribution in [2.45, 2.75) is 25.9 Å². The molecule has 138 valence electrons. The first-order valence-corrected chi connectivity index (χ1v) is 10.2. The number of rotatable bonds is 4. The van der Waals surface area contributed by atoms with Crippen LogP contribution in [-0.2, 0) is 14.8 Å². The molecule has 3 rings (SSSR count). The number of fused-ring (bicyclic) bond motifs is 1. The summed E-state index contributed by atoms with van der Waals surface area (Å²) < 4.78 is 31.2. The highest BCUT2D eigenvalue weighted by Crippen LogP contribution is 2.34. The number of benzene rings is 2. The summed E-state index contributed by atoms with van der Waals surface area (Å²) in [6, 6.07) is 14.4. The minimum absolute atomic E-state index is 0.0637. The van der Waals surface area contributed by atoms with Gasteiger partial charge in [0.15, 0.2) is 6.10 Å². The van der Waals surface area contributed by atoms with E-state index in [1.54, 1.807) is 24.3 Å². The molecule has 26 heavy (non-hydrogen) atoms. The summed E-state index contributed by atoms with van der Waals surface area (Å²) in [6.45, 7) is 4.13. The van der Waals surface area contributed by atoms with Crippen molar-refractivity contribution in [3.63, 3.8) is 0 Å². The molecule has 0 spiro atoms. The predicted octanol–water partition coefficient (Wildman–Crippen LogP) is 2.98. The van der Waals surface area contributed by atoms with Gasteiger partial charge in [-0.1, -0.05) is 38.1 Å². The van der Waals surface area contributed by atoms with E-state index in [9.17, 15) is 13.2 Å². The van der Waals surface area contributed by atoms with Crippen LogP contribution in [0, 0.1) is 0 Å². The van der Waals surface area contributed by atoms with Gasteiger partial charge in [0.2, 0.25) is 10.0 Å². The van der Waals surface area contributed by atoms with Crippen molar-refractivity contribution in [3.05, 3.63) is 54.1 Å². The predicted molar refractivity (Wildman–Crippen MR) is 102 cm³/mol. The topological polar surface area (TPSA) is 75.7 Å². The molecule has 1 aliphatic rings. The molecule has 2 aromatic rings. The van der Waals surface area contributed by atoms with E-state index in [0.717, 1.165) is 6.26 Å². The fourth-order valence-electron chi connectivity index (χ4n) is 2.83. The normalized spacial score (nSPS) is 16.8. The maximum absolute atomic E-state index is 12.6. The van der Waals surface area contributed by atoms with Crippen LogP contribution in [0.2, 0.25) is 0 Å². The molecular weight excluding hydrogens is 352 g/mol. The molecule has 2 aromatic carbocycles. The van der Waals surface area contributed by atoms with E-state index in [0.29, 0.717) is 23.0 Å². The Balaban J connectivity index is 1.80. The van der Waals surface area contributed by atoms with Crippen LogP contribution in [0.15, 0.2) is 48.5 Å². The summed E-state index contributed by atoms with van der Waals surface area (Å²) in [4.78, 5) is 12.6. The number of carbonyl (C=O) groups excluding carboxylic acids is 1. The Morgan fingerprint density at radius 2 is 1.81 bits per heavy atom. The average Bonchev–Trinajstić information content (AvgIpc) is 2.60. The largest absolute Gasteiger partial charge is 0.476 e. The number of para-hydroxylation sites is 2. The quantitative estimate of drug-likeness (QED) is 0.893. The zero-order valence-corrected chi connectivity index (χ0v) is 15.8. The van der Waals surface area contributed by atoms with Crippen molar-refractivity contribution in [3.8, 4) is 5.75 Å². The van der Waals surface area contributed by atoms with Gasteiger partial charge in [-0.05, 0) is 35.7 Å². The fourth-order valence-corrected chi connectivity index (χ4v) is 3.74. The molecule has 0 unspecified atom stereocenters. The molecule has 6 nitrogen and oxygen atoms in total. The smallest absolute Gasteiger partial charge is 0.267 e. The molecule has 1 amide bonds. The summed E-state index contributed by atoms with van der Waals surface area (Å²) >= 11 is 0. The molecule has 0 fully saturated rings. The van der Waals surface area contributed by atoms with Gasteiger partial charge < -0.3 is 10.1 Å². The van der Waals surface area contributed by atoms with Gasteiger partial charge in [-0.3, -0.25) is 9.10 Å². The van der Waals surface area contributed by atoms with Gasteiger partial charge >= 0.3 is 0 Å². The summed E-state index contributed by atoms with van der Waals surface area (Å²) in [5.41, 5.74) is 2.27. The lowest BCUT2D eigenvalue weighted by Gasteiger charge is -2.33. The standard InChI is InChI=1S/C19H22N2O4S/c1-13(2)14-8-10-15(11-9-14)20-19(22)18-12-21(26(3,23)24)16-6-4-5-7-17(16)25-18/h4-11,13,18H,12H2,1-3H3,(H,20,22)/t18-/m0/s1. The van der Waals surface area contributed by atoms with Crippen molar-refractivity contribution in [1.29, 1.82) is 0 Å². The lowest BCUT2D eigenvalue weighted by atomic mass is 10.0. The zero-order valence-electron chi connectivity index (χ0n) is 15.0. The minimum Gasteiger partial charge on any atom is -0.476 e. The third-order valence-corrected chi connectivity index (χ3v) is 5.42. The van der Waals surface area contributed by atoms with Crippen molar-refractivity contribution >= 4 is 27.3 Å². The first-order valence-electron chi connectivity index (χ1n) is 8.40. The molecule has 1 aliphatic heterocycles. The van der Waals surface area contributed by atoms with Crippen LogP contribution in [0.3, 0.4) is 0 Å². The van der Waals surface area contributed by atoms with Crippen molar-refractivity contribution in [1.82, 2.24) is 0 Å². The number of anilines is 2. The van der Waals surface area contributed by atoms with Gasteiger partial charge in [0.1, 0.15) is 5.75 Å². The van der Waals surface area contributed by atoms with Gasteiger partial charge in [-0.2, -0.15) is 0 Å². The van der Waals surface area contributed by atoms with Crippen LogP contribution < -0.4 is 14.4 Å². The molecule has 0 saturated carbocycles. The lowest BCUT2D eigenvalue weighted by molar-refractivity contribution is -0.122. The number of hydrogen-bond donors (Lipinski definition) is 1. The Hall–Kier alpha value is -2.54. The number of hydrogen-bond acceptors (Lipinski definition) is 4. The van der Waals surface area contributed by atoms with Crippen LogP contribution in [0.25, 0.3) is 0 Å². The van der Waals surface area contributed by atoms with Crippen molar-refractivity contribution < 1.29 is 17.9 Å². The SMILES string of the molecule is CC(C)c1ccc(NC(=O)[C@@H]2CN(S(C)(=O)=O)c3ccccc3O2)cc1. The highest BCUT2D eigenvalue weighted by atomic mass is 32.2. The number of ether oxygens (including phenoxy) is 1. The number of amides is 1. The van der Waals surface area contributed by atoms with Gasteiger partial charge in [-0.15, -0.1) is 0 Å². The summed E-state index contributed by atoms with van der Waals surface area (Å²) in [5, 5.41) is 2.80. The Bertz CT molecular complexity index is 907. The molecule has 0 aliphatic carbocycles. The van der Waals surface area contributed by atoms with E-state index in [1.807, 2.05) is 24.3 Å². The van der Waals surface area contributed by atoms with Gasteiger partial charge in [-0.25, -0.2) is 8.42 Å².